The van der Waals surface area contributed by atoms with E-state index in [1.165, 1.54) is 6.07 Å². The molecule has 7 heteroatoms. The number of carbonyl (C=O) groups excluding carboxylic acids is 2. The van der Waals surface area contributed by atoms with Crippen molar-refractivity contribution in [2.24, 2.45) is 5.73 Å². The van der Waals surface area contributed by atoms with Gasteiger partial charge in [0.1, 0.15) is 5.82 Å². The van der Waals surface area contributed by atoms with Gasteiger partial charge >= 0.3 is 0 Å². The van der Waals surface area contributed by atoms with Crippen LogP contribution in [-0.2, 0) is 4.79 Å². The summed E-state index contributed by atoms with van der Waals surface area (Å²) < 4.78 is 13.6. The molecule has 0 spiro atoms. The molecule has 5 nitrogen and oxygen atoms in total. The van der Waals surface area contributed by atoms with Crippen LogP contribution in [0.1, 0.15) is 35.7 Å². The van der Waals surface area contributed by atoms with Crippen LogP contribution < -0.4 is 5.73 Å². The Morgan fingerprint density at radius 2 is 1.79 bits per heavy atom. The molecule has 2 rings (SSSR count). The minimum Gasteiger partial charge on any atom is -0.339 e. The highest BCUT2D eigenvalue weighted by Crippen LogP contribution is 2.14. The highest BCUT2D eigenvalue weighted by atomic mass is 35.5. The zero-order valence-corrected chi connectivity index (χ0v) is 14.9. The smallest absolute Gasteiger partial charge is 0.254 e. The summed E-state index contributed by atoms with van der Waals surface area (Å²) in [4.78, 5) is 27.9. The van der Waals surface area contributed by atoms with Gasteiger partial charge in [-0.05, 0) is 38.0 Å². The van der Waals surface area contributed by atoms with Crippen LogP contribution in [0.25, 0.3) is 0 Å². The van der Waals surface area contributed by atoms with Gasteiger partial charge in [-0.2, -0.15) is 0 Å². The molecule has 1 heterocycles. The van der Waals surface area contributed by atoms with E-state index in [1.807, 2.05) is 6.92 Å². The third-order valence-electron chi connectivity index (χ3n) is 4.15. The van der Waals surface area contributed by atoms with Gasteiger partial charge in [-0.15, -0.1) is 12.4 Å². The summed E-state index contributed by atoms with van der Waals surface area (Å²) in [6.45, 7) is 5.51. The Hall–Kier alpha value is -1.66. The van der Waals surface area contributed by atoms with Crippen molar-refractivity contribution >= 4 is 24.2 Å². The summed E-state index contributed by atoms with van der Waals surface area (Å²) in [5.41, 5.74) is 6.54. The fourth-order valence-electron chi connectivity index (χ4n) is 2.58. The number of rotatable bonds is 4. The maximum absolute atomic E-state index is 13.6. The molecule has 1 aliphatic rings. The third kappa shape index (κ3) is 5.18. The first-order chi connectivity index (χ1) is 10.9. The molecule has 1 aliphatic heterocycles. The standard InChI is InChI=1S/C17H24FN3O2.ClH/c1-12-3-5-14(11-15(12)18)17(23)21-9-7-20(8-10-21)16(22)6-4-13(2)19;/h3,5,11,13H,4,6-10,19H2,1-2H3;1H. The molecule has 24 heavy (non-hydrogen) atoms. The zero-order valence-electron chi connectivity index (χ0n) is 14.1. The Morgan fingerprint density at radius 3 is 2.33 bits per heavy atom. The first-order valence-corrected chi connectivity index (χ1v) is 7.97. The van der Waals surface area contributed by atoms with Crippen LogP contribution in [0, 0.1) is 12.7 Å². The summed E-state index contributed by atoms with van der Waals surface area (Å²) in [6, 6.07) is 4.54. The number of nitrogens with two attached hydrogens (primary N) is 1. The fourth-order valence-corrected chi connectivity index (χ4v) is 2.58. The maximum atomic E-state index is 13.6. The van der Waals surface area contributed by atoms with Crippen molar-refractivity contribution < 1.29 is 14.0 Å². The van der Waals surface area contributed by atoms with Crippen molar-refractivity contribution in [3.8, 4) is 0 Å². The molecule has 1 unspecified atom stereocenters. The lowest BCUT2D eigenvalue weighted by Crippen LogP contribution is -2.50. The maximum Gasteiger partial charge on any atom is 0.254 e. The van der Waals surface area contributed by atoms with Crippen LogP contribution in [0.5, 0.6) is 0 Å². The number of piperazine rings is 1. The van der Waals surface area contributed by atoms with Gasteiger partial charge < -0.3 is 15.5 Å². The normalized spacial score (nSPS) is 15.7. The highest BCUT2D eigenvalue weighted by molar-refractivity contribution is 5.94. The first-order valence-electron chi connectivity index (χ1n) is 7.97. The predicted molar refractivity (Wildman–Crippen MR) is 93.8 cm³/mol. The van der Waals surface area contributed by atoms with E-state index in [2.05, 4.69) is 0 Å². The van der Waals surface area contributed by atoms with E-state index < -0.39 is 0 Å². The molecule has 0 aliphatic carbocycles. The minimum absolute atomic E-state index is 0. The highest BCUT2D eigenvalue weighted by Gasteiger charge is 2.25. The second-order valence-corrected chi connectivity index (χ2v) is 6.15. The van der Waals surface area contributed by atoms with Crippen molar-refractivity contribution in [1.82, 2.24) is 9.80 Å². The zero-order chi connectivity index (χ0) is 17.0. The van der Waals surface area contributed by atoms with Crippen LogP contribution in [0.2, 0.25) is 0 Å². The molecule has 1 saturated heterocycles. The lowest BCUT2D eigenvalue weighted by Gasteiger charge is -2.35. The minimum atomic E-state index is -0.374. The lowest BCUT2D eigenvalue weighted by molar-refractivity contribution is -0.132. The Kier molecular flexibility index (Phi) is 7.63. The second-order valence-electron chi connectivity index (χ2n) is 6.15. The second kappa shape index (κ2) is 8.99. The molecule has 0 radical (unpaired) electrons. The number of nitrogens with zero attached hydrogens (tertiary/aromatic N) is 2. The number of hydrogen-bond donors (Lipinski definition) is 1. The quantitative estimate of drug-likeness (QED) is 0.895. The summed E-state index contributed by atoms with van der Waals surface area (Å²) >= 11 is 0. The molecule has 0 aromatic heterocycles. The van der Waals surface area contributed by atoms with E-state index in [1.54, 1.807) is 28.9 Å². The van der Waals surface area contributed by atoms with Crippen LogP contribution in [0.3, 0.4) is 0 Å². The van der Waals surface area contributed by atoms with Gasteiger partial charge in [0.15, 0.2) is 0 Å². The van der Waals surface area contributed by atoms with Crippen molar-refractivity contribution in [3.05, 3.63) is 35.1 Å². The van der Waals surface area contributed by atoms with Crippen molar-refractivity contribution in [2.45, 2.75) is 32.7 Å². The number of amides is 2. The number of benzene rings is 1. The Balaban J connectivity index is 0.00000288. The number of aryl methyl sites for hydroxylation is 1. The molecule has 1 aromatic carbocycles. The van der Waals surface area contributed by atoms with E-state index in [0.29, 0.717) is 50.1 Å². The van der Waals surface area contributed by atoms with Crippen LogP contribution >= 0.6 is 12.4 Å². The fraction of sp³-hybridized carbons (Fsp3) is 0.529. The molecule has 1 aromatic rings. The summed E-state index contributed by atoms with van der Waals surface area (Å²) in [5.74, 6) is -0.483. The van der Waals surface area contributed by atoms with Crippen molar-refractivity contribution in [2.75, 3.05) is 26.2 Å². The van der Waals surface area contributed by atoms with Gasteiger partial charge in [0.25, 0.3) is 5.91 Å². The number of halogens is 2. The Morgan fingerprint density at radius 1 is 1.21 bits per heavy atom. The molecule has 134 valence electrons. The Labute approximate surface area is 148 Å². The first kappa shape index (κ1) is 20.4. The molecular formula is C17H25ClFN3O2. The summed E-state index contributed by atoms with van der Waals surface area (Å²) in [6.07, 6.45) is 1.11. The number of carbonyl (C=O) groups is 2. The van der Waals surface area contributed by atoms with Crippen LogP contribution in [-0.4, -0.2) is 53.8 Å². The topological polar surface area (TPSA) is 66.6 Å². The van der Waals surface area contributed by atoms with Crippen LogP contribution in [0.4, 0.5) is 4.39 Å². The lowest BCUT2D eigenvalue weighted by atomic mass is 10.1. The molecule has 0 saturated carbocycles. The monoisotopic (exact) mass is 357 g/mol. The Bertz CT molecular complexity index is 587. The number of hydrogen-bond acceptors (Lipinski definition) is 3. The SMILES string of the molecule is Cc1ccc(C(=O)N2CCN(C(=O)CCC(C)N)CC2)cc1F.Cl. The third-order valence-corrected chi connectivity index (χ3v) is 4.15. The van der Waals surface area contributed by atoms with Crippen LogP contribution in [0.15, 0.2) is 18.2 Å². The average molecular weight is 358 g/mol. The van der Waals surface area contributed by atoms with Gasteiger partial charge in [0.2, 0.25) is 5.91 Å². The molecule has 2 amide bonds. The molecular weight excluding hydrogens is 333 g/mol. The van der Waals surface area contributed by atoms with Gasteiger partial charge in [-0.3, -0.25) is 9.59 Å². The van der Waals surface area contributed by atoms with E-state index in [0.717, 1.165) is 0 Å². The molecule has 0 bridgehead atoms. The largest absolute Gasteiger partial charge is 0.339 e. The predicted octanol–water partition coefficient (Wildman–Crippen LogP) is 1.97. The van der Waals surface area contributed by atoms with Crippen molar-refractivity contribution in [1.29, 1.82) is 0 Å². The van der Waals surface area contributed by atoms with Gasteiger partial charge in [0, 0.05) is 44.2 Å². The summed E-state index contributed by atoms with van der Waals surface area (Å²) in [5, 5.41) is 0. The summed E-state index contributed by atoms with van der Waals surface area (Å²) in [7, 11) is 0. The van der Waals surface area contributed by atoms with E-state index in [-0.39, 0.29) is 36.1 Å². The van der Waals surface area contributed by atoms with E-state index in [4.69, 9.17) is 5.73 Å². The van der Waals surface area contributed by atoms with Gasteiger partial charge in [0.05, 0.1) is 0 Å². The van der Waals surface area contributed by atoms with Gasteiger partial charge in [-0.25, -0.2) is 4.39 Å². The van der Waals surface area contributed by atoms with E-state index >= 15 is 0 Å². The van der Waals surface area contributed by atoms with Gasteiger partial charge in [-0.1, -0.05) is 6.07 Å². The molecule has 1 atom stereocenters. The molecule has 2 N–H and O–H groups in total. The molecule has 1 fully saturated rings. The van der Waals surface area contributed by atoms with Crippen molar-refractivity contribution in [3.63, 3.8) is 0 Å². The van der Waals surface area contributed by atoms with E-state index in [9.17, 15) is 14.0 Å². The average Bonchev–Trinajstić information content (AvgIpc) is 2.54.